The average molecular weight is 364 g/mol. The van der Waals surface area contributed by atoms with Gasteiger partial charge in [-0.3, -0.25) is 4.79 Å². The van der Waals surface area contributed by atoms with E-state index in [0.717, 1.165) is 40.6 Å². The van der Waals surface area contributed by atoms with Gasteiger partial charge < -0.3 is 4.74 Å². The van der Waals surface area contributed by atoms with Gasteiger partial charge in [-0.1, -0.05) is 0 Å². The first-order valence-electron chi connectivity index (χ1n) is 7.92. The molecule has 1 saturated heterocycles. The number of thioether (sulfide) groups is 1. The van der Waals surface area contributed by atoms with Crippen molar-refractivity contribution in [2.24, 2.45) is 0 Å². The van der Waals surface area contributed by atoms with Gasteiger partial charge in [0.2, 0.25) is 0 Å². The SMILES string of the molecule is Cc1nc(CSc2ccc(C(=O)NO[C@@H]3CCCCO3)cc2)cs1. The Balaban J connectivity index is 1.47. The lowest BCUT2D eigenvalue weighted by Gasteiger charge is -2.22. The molecular formula is C17H20N2O3S2. The van der Waals surface area contributed by atoms with E-state index in [2.05, 4.69) is 15.8 Å². The molecule has 0 saturated carbocycles. The molecular weight excluding hydrogens is 344 g/mol. The molecule has 0 aliphatic carbocycles. The number of benzene rings is 1. The zero-order valence-corrected chi connectivity index (χ0v) is 15.1. The minimum absolute atomic E-state index is 0.254. The number of ether oxygens (including phenoxy) is 1. The molecule has 1 N–H and O–H groups in total. The monoisotopic (exact) mass is 364 g/mol. The highest BCUT2D eigenvalue weighted by atomic mass is 32.2. The van der Waals surface area contributed by atoms with Crippen LogP contribution in [0.2, 0.25) is 0 Å². The maximum Gasteiger partial charge on any atom is 0.274 e. The molecule has 5 nitrogen and oxygen atoms in total. The van der Waals surface area contributed by atoms with Gasteiger partial charge in [0.25, 0.3) is 5.91 Å². The van der Waals surface area contributed by atoms with Gasteiger partial charge >= 0.3 is 0 Å². The van der Waals surface area contributed by atoms with Crippen molar-refractivity contribution in [3.8, 4) is 0 Å². The van der Waals surface area contributed by atoms with Crippen LogP contribution in [0, 0.1) is 6.92 Å². The molecule has 3 rings (SSSR count). The van der Waals surface area contributed by atoms with Crippen LogP contribution in [0.5, 0.6) is 0 Å². The minimum atomic E-state index is -0.334. The van der Waals surface area contributed by atoms with Crippen LogP contribution in [0.1, 0.15) is 40.3 Å². The van der Waals surface area contributed by atoms with E-state index < -0.39 is 0 Å². The van der Waals surface area contributed by atoms with Crippen LogP contribution in [0.3, 0.4) is 0 Å². The maximum absolute atomic E-state index is 12.1. The van der Waals surface area contributed by atoms with Gasteiger partial charge in [0, 0.05) is 34.6 Å². The zero-order valence-electron chi connectivity index (χ0n) is 13.5. The predicted octanol–water partition coefficient (Wildman–Crippen LogP) is 3.93. The number of thiazole rings is 1. The Morgan fingerprint density at radius 3 is 2.92 bits per heavy atom. The summed E-state index contributed by atoms with van der Waals surface area (Å²) in [5.41, 5.74) is 4.13. The van der Waals surface area contributed by atoms with E-state index >= 15 is 0 Å². The highest BCUT2D eigenvalue weighted by Crippen LogP contribution is 2.24. The fourth-order valence-electron chi connectivity index (χ4n) is 2.32. The second-order valence-corrected chi connectivity index (χ2v) is 7.63. The third-order valence-electron chi connectivity index (χ3n) is 3.59. The number of carbonyl (C=O) groups is 1. The molecule has 2 heterocycles. The smallest absolute Gasteiger partial charge is 0.274 e. The molecule has 0 spiro atoms. The Kier molecular flexibility index (Phi) is 6.25. The highest BCUT2D eigenvalue weighted by Gasteiger charge is 2.16. The van der Waals surface area contributed by atoms with Crippen molar-refractivity contribution in [3.63, 3.8) is 0 Å². The van der Waals surface area contributed by atoms with E-state index in [9.17, 15) is 4.79 Å². The number of hydroxylamine groups is 1. The van der Waals surface area contributed by atoms with E-state index in [1.165, 1.54) is 0 Å². The number of carbonyl (C=O) groups excluding carboxylic acids is 1. The number of hydrogen-bond acceptors (Lipinski definition) is 6. The lowest BCUT2D eigenvalue weighted by atomic mass is 10.2. The van der Waals surface area contributed by atoms with Crippen LogP contribution in [-0.4, -0.2) is 23.8 Å². The summed E-state index contributed by atoms with van der Waals surface area (Å²) >= 11 is 3.37. The highest BCUT2D eigenvalue weighted by molar-refractivity contribution is 7.98. The number of nitrogens with one attached hydrogen (secondary N) is 1. The van der Waals surface area contributed by atoms with Crippen LogP contribution in [-0.2, 0) is 15.3 Å². The molecule has 2 aromatic rings. The molecule has 1 aromatic heterocycles. The third kappa shape index (κ3) is 5.04. The van der Waals surface area contributed by atoms with Gasteiger partial charge in [-0.05, 0) is 44.0 Å². The van der Waals surface area contributed by atoms with Crippen molar-refractivity contribution in [2.75, 3.05) is 6.61 Å². The van der Waals surface area contributed by atoms with E-state index in [0.29, 0.717) is 12.2 Å². The van der Waals surface area contributed by atoms with Crippen molar-refractivity contribution < 1.29 is 14.4 Å². The summed E-state index contributed by atoms with van der Waals surface area (Å²) in [6.07, 6.45) is 2.59. The number of aryl methyl sites for hydroxylation is 1. The molecule has 1 aliphatic heterocycles. The summed E-state index contributed by atoms with van der Waals surface area (Å²) in [6, 6.07) is 7.48. The Morgan fingerprint density at radius 2 is 2.25 bits per heavy atom. The summed E-state index contributed by atoms with van der Waals surface area (Å²) in [5, 5.41) is 3.16. The van der Waals surface area contributed by atoms with E-state index in [1.807, 2.05) is 19.1 Å². The molecule has 0 bridgehead atoms. The number of nitrogens with zero attached hydrogens (tertiary/aromatic N) is 1. The molecule has 1 amide bonds. The van der Waals surface area contributed by atoms with Crippen molar-refractivity contribution in [1.82, 2.24) is 10.5 Å². The number of aromatic nitrogens is 1. The molecule has 1 atom stereocenters. The Labute approximate surface area is 149 Å². The summed E-state index contributed by atoms with van der Waals surface area (Å²) < 4.78 is 5.41. The molecule has 1 aromatic carbocycles. The van der Waals surface area contributed by atoms with Crippen LogP contribution in [0.25, 0.3) is 0 Å². The quantitative estimate of drug-likeness (QED) is 0.622. The first kappa shape index (κ1) is 17.4. The topological polar surface area (TPSA) is 60.5 Å². The molecule has 1 fully saturated rings. The molecule has 128 valence electrons. The first-order chi connectivity index (χ1) is 11.7. The average Bonchev–Trinajstić information content (AvgIpc) is 3.04. The van der Waals surface area contributed by atoms with Crippen LogP contribution >= 0.6 is 23.1 Å². The van der Waals surface area contributed by atoms with Gasteiger partial charge in [-0.2, -0.15) is 0 Å². The number of hydrogen-bond donors (Lipinski definition) is 1. The fourth-order valence-corrected chi connectivity index (χ4v) is 3.83. The second-order valence-electron chi connectivity index (χ2n) is 5.52. The van der Waals surface area contributed by atoms with E-state index in [1.54, 1.807) is 35.2 Å². The number of rotatable bonds is 6. The Hall–Kier alpha value is -1.41. The van der Waals surface area contributed by atoms with Crippen molar-refractivity contribution in [1.29, 1.82) is 0 Å². The van der Waals surface area contributed by atoms with Crippen LogP contribution < -0.4 is 5.48 Å². The standard InChI is InChI=1S/C17H20N2O3S2/c1-12-18-14(10-23-12)11-24-15-7-5-13(6-8-15)17(20)19-22-16-4-2-3-9-21-16/h5-8,10,16H,2-4,9,11H2,1H3,(H,19,20)/t16-/m1/s1. The molecule has 7 heteroatoms. The predicted molar refractivity (Wildman–Crippen MR) is 95.0 cm³/mol. The number of amides is 1. The Bertz CT molecular complexity index is 667. The zero-order chi connectivity index (χ0) is 16.8. The summed E-state index contributed by atoms with van der Waals surface area (Å²) in [6.45, 7) is 2.69. The van der Waals surface area contributed by atoms with Crippen LogP contribution in [0.15, 0.2) is 34.5 Å². The van der Waals surface area contributed by atoms with Crippen LogP contribution in [0.4, 0.5) is 0 Å². The van der Waals surface area contributed by atoms with Crippen molar-refractivity contribution in [3.05, 3.63) is 45.9 Å². The van der Waals surface area contributed by atoms with Gasteiger partial charge in [-0.15, -0.1) is 23.1 Å². The molecule has 0 radical (unpaired) electrons. The molecule has 24 heavy (non-hydrogen) atoms. The second kappa shape index (κ2) is 8.62. The van der Waals surface area contributed by atoms with E-state index in [4.69, 9.17) is 9.57 Å². The first-order valence-corrected chi connectivity index (χ1v) is 9.79. The normalized spacial score (nSPS) is 17.6. The van der Waals surface area contributed by atoms with Gasteiger partial charge in [-0.25, -0.2) is 15.3 Å². The lowest BCUT2D eigenvalue weighted by molar-refractivity contribution is -0.186. The third-order valence-corrected chi connectivity index (χ3v) is 5.46. The molecule has 1 aliphatic rings. The van der Waals surface area contributed by atoms with Gasteiger partial charge in [0.05, 0.1) is 10.7 Å². The minimum Gasteiger partial charge on any atom is -0.350 e. The van der Waals surface area contributed by atoms with Gasteiger partial charge in [0.15, 0.2) is 6.29 Å². The lowest BCUT2D eigenvalue weighted by Crippen LogP contribution is -2.33. The van der Waals surface area contributed by atoms with Crippen molar-refractivity contribution in [2.45, 2.75) is 43.1 Å². The largest absolute Gasteiger partial charge is 0.350 e. The van der Waals surface area contributed by atoms with Crippen molar-refractivity contribution >= 4 is 29.0 Å². The van der Waals surface area contributed by atoms with E-state index in [-0.39, 0.29) is 12.2 Å². The maximum atomic E-state index is 12.1. The molecule has 0 unspecified atom stereocenters. The summed E-state index contributed by atoms with van der Waals surface area (Å²) in [4.78, 5) is 22.9. The summed E-state index contributed by atoms with van der Waals surface area (Å²) in [7, 11) is 0. The fraction of sp³-hybridized carbons (Fsp3) is 0.412. The van der Waals surface area contributed by atoms with Gasteiger partial charge in [0.1, 0.15) is 0 Å². The Morgan fingerprint density at radius 1 is 1.42 bits per heavy atom. The summed E-state index contributed by atoms with van der Waals surface area (Å²) in [5.74, 6) is 0.578.